The second-order valence-electron chi connectivity index (χ2n) is 11.7. The van der Waals surface area contributed by atoms with E-state index >= 15 is 0 Å². The van der Waals surface area contributed by atoms with Crippen LogP contribution in [-0.4, -0.2) is 84.8 Å². The molecule has 0 spiro atoms. The van der Waals surface area contributed by atoms with Gasteiger partial charge in [0.05, 0.1) is 5.56 Å². The van der Waals surface area contributed by atoms with Crippen LogP contribution in [0, 0.1) is 36.3 Å². The Morgan fingerprint density at radius 2 is 1.63 bits per heavy atom. The number of amides is 3. The number of hydrogen-bond donors (Lipinski definition) is 0. The number of likely N-dealkylation sites (tertiary alicyclic amines) is 3. The van der Waals surface area contributed by atoms with E-state index in [-0.39, 0.29) is 29.2 Å². The van der Waals surface area contributed by atoms with Crippen molar-refractivity contribution in [3.05, 3.63) is 64.2 Å². The number of hydrogen-bond acceptors (Lipinski definition) is 4. The van der Waals surface area contributed by atoms with Gasteiger partial charge in [-0.05, 0) is 74.4 Å². The molecule has 3 aliphatic heterocycles. The Hall–Kier alpha value is -3.04. The molecule has 220 valence electrons. The topological polar surface area (TPSA) is 64.2 Å². The van der Waals surface area contributed by atoms with E-state index in [1.807, 2.05) is 30.0 Å². The number of carbonyl (C=O) groups excluding carboxylic acids is 3. The summed E-state index contributed by atoms with van der Waals surface area (Å²) in [6.07, 6.45) is 2.09. The molecule has 3 heterocycles. The lowest BCUT2D eigenvalue weighted by Crippen LogP contribution is -2.44. The summed E-state index contributed by atoms with van der Waals surface area (Å²) in [4.78, 5) is 46.0. The molecule has 3 fully saturated rings. The van der Waals surface area contributed by atoms with Gasteiger partial charge in [0.1, 0.15) is 11.6 Å². The van der Waals surface area contributed by atoms with Crippen LogP contribution >= 0.6 is 11.6 Å². The molecule has 2 aromatic rings. The number of anilines is 1. The third-order valence-corrected chi connectivity index (χ3v) is 9.30. The summed E-state index contributed by atoms with van der Waals surface area (Å²) in [6.45, 7) is 8.87. The number of nitrogens with zero attached hydrogens (tertiary/aromatic N) is 4. The monoisotopic (exact) mass is 586 g/mol. The van der Waals surface area contributed by atoms with Crippen LogP contribution in [0.15, 0.2) is 36.4 Å². The van der Waals surface area contributed by atoms with Crippen molar-refractivity contribution in [1.82, 2.24) is 14.7 Å². The second kappa shape index (κ2) is 12.4. The maximum absolute atomic E-state index is 14.2. The van der Waals surface area contributed by atoms with E-state index in [0.717, 1.165) is 49.4 Å². The molecular formula is C31H37ClF2N4O3. The minimum atomic E-state index is -0.827. The summed E-state index contributed by atoms with van der Waals surface area (Å²) in [7, 11) is 0. The van der Waals surface area contributed by atoms with Crippen LogP contribution in [0.1, 0.15) is 42.1 Å². The number of carbonyl (C=O) groups is 3. The first kappa shape index (κ1) is 29.5. The third-order valence-electron chi connectivity index (χ3n) is 8.89. The molecule has 2 atom stereocenters. The average molecular weight is 587 g/mol. The second-order valence-corrected chi connectivity index (χ2v) is 12.1. The quantitative estimate of drug-likeness (QED) is 0.475. The first-order chi connectivity index (χ1) is 19.6. The Morgan fingerprint density at radius 3 is 2.24 bits per heavy atom. The molecule has 3 saturated heterocycles. The van der Waals surface area contributed by atoms with Gasteiger partial charge >= 0.3 is 0 Å². The summed E-state index contributed by atoms with van der Waals surface area (Å²) in [6, 6.07) is 8.81. The van der Waals surface area contributed by atoms with Crippen molar-refractivity contribution >= 4 is 35.0 Å². The van der Waals surface area contributed by atoms with Crippen molar-refractivity contribution in [3.63, 3.8) is 0 Å². The highest BCUT2D eigenvalue weighted by molar-refractivity contribution is 6.31. The van der Waals surface area contributed by atoms with Crippen LogP contribution in [0.4, 0.5) is 14.5 Å². The molecule has 0 aliphatic carbocycles. The van der Waals surface area contributed by atoms with Crippen molar-refractivity contribution in [3.8, 4) is 0 Å². The van der Waals surface area contributed by atoms with Crippen molar-refractivity contribution in [2.75, 3.05) is 57.3 Å². The van der Waals surface area contributed by atoms with Crippen LogP contribution in [0.3, 0.4) is 0 Å². The highest BCUT2D eigenvalue weighted by atomic mass is 35.5. The molecule has 0 bridgehead atoms. The van der Waals surface area contributed by atoms with Gasteiger partial charge < -0.3 is 19.6 Å². The maximum atomic E-state index is 14.2. The van der Waals surface area contributed by atoms with Crippen molar-refractivity contribution in [1.29, 1.82) is 0 Å². The summed E-state index contributed by atoms with van der Waals surface area (Å²) in [5.74, 6) is -1.30. The molecule has 2 unspecified atom stereocenters. The van der Waals surface area contributed by atoms with Gasteiger partial charge in [-0.1, -0.05) is 17.7 Å². The fourth-order valence-electron chi connectivity index (χ4n) is 6.50. The largest absolute Gasteiger partial charge is 0.343 e. The average Bonchev–Trinajstić information content (AvgIpc) is 3.51. The molecule has 10 heteroatoms. The lowest BCUT2D eigenvalue weighted by atomic mass is 9.94. The minimum absolute atomic E-state index is 0.0450. The van der Waals surface area contributed by atoms with Gasteiger partial charge in [-0.3, -0.25) is 14.4 Å². The first-order valence-corrected chi connectivity index (χ1v) is 14.8. The first-order valence-electron chi connectivity index (χ1n) is 14.4. The SMILES string of the molecule is CC(=O)N1CCC(C(=O)N(CCCN2CC3CN(C(=O)c4ccc(F)cc4F)CC3C2)c2ccc(C)c(Cl)c2)CC1. The number of fused-ring (bicyclic) bond motifs is 1. The molecule has 0 radical (unpaired) electrons. The van der Waals surface area contributed by atoms with E-state index in [9.17, 15) is 23.2 Å². The van der Waals surface area contributed by atoms with Crippen LogP contribution in [0.25, 0.3) is 0 Å². The minimum Gasteiger partial charge on any atom is -0.343 e. The molecule has 41 heavy (non-hydrogen) atoms. The lowest BCUT2D eigenvalue weighted by molar-refractivity contribution is -0.133. The Kier molecular flexibility index (Phi) is 8.94. The molecule has 2 aromatic carbocycles. The number of benzene rings is 2. The Morgan fingerprint density at radius 1 is 0.951 bits per heavy atom. The molecule has 7 nitrogen and oxygen atoms in total. The predicted molar refractivity (Wildman–Crippen MR) is 154 cm³/mol. The molecule has 0 aromatic heterocycles. The third kappa shape index (κ3) is 6.56. The van der Waals surface area contributed by atoms with Gasteiger partial charge in [-0.25, -0.2) is 8.78 Å². The Balaban J connectivity index is 1.16. The van der Waals surface area contributed by atoms with Crippen LogP contribution < -0.4 is 4.90 Å². The van der Waals surface area contributed by atoms with Crippen LogP contribution in [0.5, 0.6) is 0 Å². The summed E-state index contributed by atoms with van der Waals surface area (Å²) < 4.78 is 27.4. The fourth-order valence-corrected chi connectivity index (χ4v) is 6.68. The lowest BCUT2D eigenvalue weighted by Gasteiger charge is -2.34. The van der Waals surface area contributed by atoms with Gasteiger partial charge in [0, 0.05) is 75.4 Å². The molecule has 5 rings (SSSR count). The zero-order valence-corrected chi connectivity index (χ0v) is 24.4. The highest BCUT2D eigenvalue weighted by Crippen LogP contribution is 2.33. The fraction of sp³-hybridized carbons (Fsp3) is 0.516. The molecule has 0 saturated carbocycles. The zero-order valence-electron chi connectivity index (χ0n) is 23.6. The number of piperidine rings is 1. The molecule has 0 N–H and O–H groups in total. The summed E-state index contributed by atoms with van der Waals surface area (Å²) in [5, 5.41) is 0.624. The van der Waals surface area contributed by atoms with E-state index in [2.05, 4.69) is 4.90 Å². The number of aryl methyl sites for hydroxylation is 1. The molecule has 3 aliphatic rings. The Labute approximate surface area is 245 Å². The van der Waals surface area contributed by atoms with Crippen molar-refractivity contribution < 1.29 is 23.2 Å². The van der Waals surface area contributed by atoms with Gasteiger partial charge in [0.25, 0.3) is 5.91 Å². The number of halogens is 3. The smallest absolute Gasteiger partial charge is 0.256 e. The Bertz CT molecular complexity index is 1300. The van der Waals surface area contributed by atoms with Crippen LogP contribution in [0.2, 0.25) is 5.02 Å². The molecule has 3 amide bonds. The van der Waals surface area contributed by atoms with Gasteiger partial charge in [0.15, 0.2) is 0 Å². The van der Waals surface area contributed by atoms with E-state index in [1.165, 1.54) is 6.07 Å². The molecular weight excluding hydrogens is 550 g/mol. The predicted octanol–water partition coefficient (Wildman–Crippen LogP) is 4.61. The highest BCUT2D eigenvalue weighted by Gasteiger charge is 2.42. The number of rotatable bonds is 7. The standard InChI is InChI=1S/C31H37ClF2N4O3/c1-20-4-6-26(15-28(20)32)38(30(40)22-8-12-36(13-9-22)21(2)39)11-3-10-35-16-23-18-37(19-24(23)17-35)31(41)27-7-5-25(33)14-29(27)34/h4-7,14-15,22-24H,3,8-13,16-19H2,1-2H3. The van der Waals surface area contributed by atoms with Gasteiger partial charge in [-0.2, -0.15) is 0 Å². The maximum Gasteiger partial charge on any atom is 0.256 e. The van der Waals surface area contributed by atoms with E-state index in [4.69, 9.17) is 11.6 Å². The van der Waals surface area contributed by atoms with Gasteiger partial charge in [-0.15, -0.1) is 0 Å². The van der Waals surface area contributed by atoms with Crippen LogP contribution in [-0.2, 0) is 9.59 Å². The summed E-state index contributed by atoms with van der Waals surface area (Å²) >= 11 is 6.43. The van der Waals surface area contributed by atoms with Crippen molar-refractivity contribution in [2.24, 2.45) is 17.8 Å². The van der Waals surface area contributed by atoms with E-state index in [1.54, 1.807) is 16.7 Å². The summed E-state index contributed by atoms with van der Waals surface area (Å²) in [5.41, 5.74) is 1.66. The van der Waals surface area contributed by atoms with E-state index in [0.29, 0.717) is 62.4 Å². The van der Waals surface area contributed by atoms with Crippen molar-refractivity contribution in [2.45, 2.75) is 33.1 Å². The van der Waals surface area contributed by atoms with Gasteiger partial charge in [0.2, 0.25) is 11.8 Å². The normalized spacial score (nSPS) is 21.3. The van der Waals surface area contributed by atoms with E-state index < -0.39 is 11.6 Å². The zero-order chi connectivity index (χ0) is 29.3.